The summed E-state index contributed by atoms with van der Waals surface area (Å²) in [5.74, 6) is 2.51. The highest BCUT2D eigenvalue weighted by atomic mass is 32.1. The summed E-state index contributed by atoms with van der Waals surface area (Å²) in [5.41, 5.74) is 0.904. The van der Waals surface area contributed by atoms with Crippen molar-refractivity contribution in [3.8, 4) is 0 Å². The number of fused-ring (bicyclic) bond motifs is 1. The molecule has 8 nitrogen and oxygen atoms in total. The minimum Gasteiger partial charge on any atom is -0.360 e. The Hall–Kier alpha value is -2.52. The number of hydrogen-bond donors (Lipinski definition) is 1. The van der Waals surface area contributed by atoms with Crippen molar-refractivity contribution in [1.82, 2.24) is 20.0 Å². The van der Waals surface area contributed by atoms with Gasteiger partial charge in [-0.05, 0) is 33.4 Å². The quantitative estimate of drug-likeness (QED) is 0.740. The zero-order valence-electron chi connectivity index (χ0n) is 15.9. The lowest BCUT2D eigenvalue weighted by Crippen LogP contribution is -2.45. The van der Waals surface area contributed by atoms with Crippen molar-refractivity contribution in [3.63, 3.8) is 0 Å². The van der Waals surface area contributed by atoms with Crippen LogP contribution in [0.5, 0.6) is 0 Å². The van der Waals surface area contributed by atoms with Gasteiger partial charge in [-0.2, -0.15) is 0 Å². The fourth-order valence-corrected chi connectivity index (χ4v) is 4.40. The van der Waals surface area contributed by atoms with Gasteiger partial charge in [0.05, 0.1) is 10.3 Å². The number of rotatable bonds is 3. The Morgan fingerprint density at radius 3 is 2.59 bits per heavy atom. The van der Waals surface area contributed by atoms with Gasteiger partial charge < -0.3 is 19.6 Å². The van der Waals surface area contributed by atoms with Crippen LogP contribution < -0.4 is 10.2 Å². The number of anilines is 2. The van der Waals surface area contributed by atoms with Crippen LogP contribution in [0.4, 0.5) is 11.6 Å². The van der Waals surface area contributed by atoms with Crippen LogP contribution in [0.25, 0.3) is 10.2 Å². The second-order valence-electron chi connectivity index (χ2n) is 6.90. The second-order valence-corrected chi connectivity index (χ2v) is 7.90. The van der Waals surface area contributed by atoms with E-state index < -0.39 is 0 Å². The molecular formula is C18H22N6O2S. The van der Waals surface area contributed by atoms with Crippen molar-refractivity contribution in [2.45, 2.75) is 20.8 Å². The van der Waals surface area contributed by atoms with Crippen LogP contribution in [0.3, 0.4) is 0 Å². The molecule has 4 rings (SSSR count). The molecule has 0 saturated carbocycles. The molecule has 27 heavy (non-hydrogen) atoms. The second kappa shape index (κ2) is 6.90. The largest absolute Gasteiger partial charge is 0.360 e. The van der Waals surface area contributed by atoms with Gasteiger partial charge in [0.2, 0.25) is 0 Å². The molecule has 1 N–H and O–H groups in total. The van der Waals surface area contributed by atoms with Gasteiger partial charge in [0.1, 0.15) is 22.2 Å². The molecule has 0 radical (unpaired) electrons. The van der Waals surface area contributed by atoms with Crippen LogP contribution in [-0.4, -0.2) is 59.2 Å². The summed E-state index contributed by atoms with van der Waals surface area (Å²) in [6, 6.07) is 1.69. The molecular weight excluding hydrogens is 364 g/mol. The first-order valence-corrected chi connectivity index (χ1v) is 9.70. The Labute approximate surface area is 161 Å². The number of piperazine rings is 1. The van der Waals surface area contributed by atoms with Gasteiger partial charge >= 0.3 is 0 Å². The summed E-state index contributed by atoms with van der Waals surface area (Å²) in [6.45, 7) is 9.45. The van der Waals surface area contributed by atoms with E-state index in [-0.39, 0.29) is 5.91 Å². The molecule has 1 aliphatic rings. The molecule has 0 atom stereocenters. The predicted molar refractivity (Wildman–Crippen MR) is 106 cm³/mol. The minimum atomic E-state index is -0.203. The molecule has 0 spiro atoms. The summed E-state index contributed by atoms with van der Waals surface area (Å²) in [4.78, 5) is 28.1. The Morgan fingerprint density at radius 2 is 1.93 bits per heavy atom. The molecule has 3 aromatic rings. The lowest BCUT2D eigenvalue weighted by atomic mass is 10.1. The number of nitrogens with zero attached hydrogens (tertiary/aromatic N) is 5. The van der Waals surface area contributed by atoms with Crippen molar-refractivity contribution in [2.75, 3.05) is 43.4 Å². The summed E-state index contributed by atoms with van der Waals surface area (Å²) in [7, 11) is 2.13. The van der Waals surface area contributed by atoms with E-state index in [9.17, 15) is 4.79 Å². The van der Waals surface area contributed by atoms with E-state index in [1.165, 1.54) is 11.3 Å². The van der Waals surface area contributed by atoms with Crippen LogP contribution in [-0.2, 0) is 0 Å². The van der Waals surface area contributed by atoms with Crippen molar-refractivity contribution in [2.24, 2.45) is 0 Å². The number of amides is 1. The highest BCUT2D eigenvalue weighted by molar-refractivity contribution is 7.20. The standard InChI is InChI=1S/C18H22N6O2S/c1-10-9-13(22-26-10)21-17(25)15-11(2)14-16(19-12(3)20-18(14)27-15)24-7-5-23(4)6-8-24/h9H,5-8H2,1-4H3,(H,21,22,25). The summed E-state index contributed by atoms with van der Waals surface area (Å²) < 4.78 is 5.02. The number of hydrogen-bond acceptors (Lipinski definition) is 8. The van der Waals surface area contributed by atoms with Gasteiger partial charge in [0.15, 0.2) is 5.82 Å². The van der Waals surface area contributed by atoms with E-state index >= 15 is 0 Å². The lowest BCUT2D eigenvalue weighted by molar-refractivity contribution is 0.102. The van der Waals surface area contributed by atoms with Crippen molar-refractivity contribution in [1.29, 1.82) is 0 Å². The molecule has 4 heterocycles. The van der Waals surface area contributed by atoms with Crippen molar-refractivity contribution in [3.05, 3.63) is 28.1 Å². The van der Waals surface area contributed by atoms with E-state index in [0.717, 1.165) is 53.6 Å². The predicted octanol–water partition coefficient (Wildman–Crippen LogP) is 2.61. The van der Waals surface area contributed by atoms with Crippen LogP contribution in [0.2, 0.25) is 0 Å². The van der Waals surface area contributed by atoms with Gasteiger partial charge in [0, 0.05) is 32.2 Å². The maximum Gasteiger partial charge on any atom is 0.267 e. The Bertz CT molecular complexity index is 1000. The van der Waals surface area contributed by atoms with Gasteiger partial charge in [-0.3, -0.25) is 4.79 Å². The number of aryl methyl sites for hydroxylation is 3. The molecule has 1 fully saturated rings. The van der Waals surface area contributed by atoms with Crippen molar-refractivity contribution >= 4 is 39.1 Å². The fraction of sp³-hybridized carbons (Fsp3) is 0.444. The molecule has 9 heteroatoms. The third kappa shape index (κ3) is 3.40. The zero-order chi connectivity index (χ0) is 19.1. The van der Waals surface area contributed by atoms with E-state index in [1.807, 2.05) is 13.8 Å². The fourth-order valence-electron chi connectivity index (χ4n) is 3.28. The minimum absolute atomic E-state index is 0.203. The van der Waals surface area contributed by atoms with Crippen LogP contribution in [0, 0.1) is 20.8 Å². The highest BCUT2D eigenvalue weighted by Crippen LogP contribution is 2.36. The Kier molecular flexibility index (Phi) is 4.56. The SMILES string of the molecule is Cc1nc(N2CCN(C)CC2)c2c(C)c(C(=O)Nc3cc(C)on3)sc2n1. The van der Waals surface area contributed by atoms with E-state index in [2.05, 4.69) is 32.3 Å². The topological polar surface area (TPSA) is 87.4 Å². The molecule has 3 aromatic heterocycles. The normalized spacial score (nSPS) is 15.5. The number of thiophene rings is 1. The summed E-state index contributed by atoms with van der Waals surface area (Å²) >= 11 is 1.39. The molecule has 1 saturated heterocycles. The zero-order valence-corrected chi connectivity index (χ0v) is 16.7. The molecule has 0 unspecified atom stereocenters. The first-order chi connectivity index (χ1) is 12.9. The van der Waals surface area contributed by atoms with Gasteiger partial charge in [0.25, 0.3) is 5.91 Å². The highest BCUT2D eigenvalue weighted by Gasteiger charge is 2.24. The molecule has 1 aliphatic heterocycles. The summed E-state index contributed by atoms with van der Waals surface area (Å²) in [6.07, 6.45) is 0. The van der Waals surface area contributed by atoms with Crippen LogP contribution >= 0.6 is 11.3 Å². The first-order valence-electron chi connectivity index (χ1n) is 8.88. The maximum atomic E-state index is 12.8. The summed E-state index contributed by atoms with van der Waals surface area (Å²) in [5, 5.41) is 7.60. The molecule has 142 valence electrons. The number of aromatic nitrogens is 3. The lowest BCUT2D eigenvalue weighted by Gasteiger charge is -2.33. The molecule has 0 bridgehead atoms. The number of carbonyl (C=O) groups excluding carboxylic acids is 1. The van der Waals surface area contributed by atoms with Crippen LogP contribution in [0.1, 0.15) is 26.8 Å². The smallest absolute Gasteiger partial charge is 0.267 e. The third-order valence-electron chi connectivity index (χ3n) is 4.76. The molecule has 1 amide bonds. The van der Waals surface area contributed by atoms with E-state index in [0.29, 0.717) is 16.5 Å². The average Bonchev–Trinajstić information content (AvgIpc) is 3.18. The van der Waals surface area contributed by atoms with Gasteiger partial charge in [-0.25, -0.2) is 9.97 Å². The monoisotopic (exact) mass is 386 g/mol. The van der Waals surface area contributed by atoms with Crippen LogP contribution in [0.15, 0.2) is 10.6 Å². The van der Waals surface area contributed by atoms with E-state index in [1.54, 1.807) is 13.0 Å². The third-order valence-corrected chi connectivity index (χ3v) is 5.95. The molecule has 0 aliphatic carbocycles. The van der Waals surface area contributed by atoms with Gasteiger partial charge in [-0.15, -0.1) is 11.3 Å². The number of likely N-dealkylation sites (N-methyl/N-ethyl adjacent to an activating group) is 1. The van der Waals surface area contributed by atoms with E-state index in [4.69, 9.17) is 9.51 Å². The van der Waals surface area contributed by atoms with Crippen molar-refractivity contribution < 1.29 is 9.32 Å². The average molecular weight is 386 g/mol. The maximum absolute atomic E-state index is 12.8. The Balaban J connectivity index is 1.72. The first kappa shape index (κ1) is 17.9. The number of nitrogens with one attached hydrogen (secondary N) is 1. The molecule has 0 aromatic carbocycles. The van der Waals surface area contributed by atoms with Gasteiger partial charge in [-0.1, -0.05) is 5.16 Å². The Morgan fingerprint density at radius 1 is 1.19 bits per heavy atom. The number of carbonyl (C=O) groups is 1.